The molecular weight excluding hydrogens is 190 g/mol. The fraction of sp³-hybridized carbons (Fsp3) is 0.286. The quantitative estimate of drug-likeness (QED) is 0.283. The van der Waals surface area contributed by atoms with Gasteiger partial charge in [0, 0.05) is 12.2 Å². The largest absolute Gasteiger partial charge is 0.479 e. The van der Waals surface area contributed by atoms with Crippen molar-refractivity contribution in [1.29, 1.82) is 0 Å². The zero-order valence-corrected chi connectivity index (χ0v) is 7.48. The molecule has 0 aromatic rings. The first-order chi connectivity index (χ1) is 6.23. The lowest BCUT2D eigenvalue weighted by molar-refractivity contribution is -0.142. The van der Waals surface area contributed by atoms with Gasteiger partial charge in [-0.1, -0.05) is 0 Å². The van der Waals surface area contributed by atoms with Crippen LogP contribution in [-0.4, -0.2) is 28.6 Å². The fourth-order valence-corrected chi connectivity index (χ4v) is 0.356. The first-order valence-electron chi connectivity index (χ1n) is 3.57. The molecule has 0 aromatic heterocycles. The van der Waals surface area contributed by atoms with Gasteiger partial charge in [-0.2, -0.15) is 0 Å². The molecule has 0 spiro atoms. The van der Waals surface area contributed by atoms with Crippen molar-refractivity contribution >= 4 is 17.8 Å². The first kappa shape index (κ1) is 12.3. The molecule has 0 atom stereocenters. The van der Waals surface area contributed by atoms with Crippen LogP contribution in [0, 0.1) is 0 Å². The number of aliphatic carboxylic acids is 1. The minimum atomic E-state index is -1.58. The number of amides is 2. The predicted molar refractivity (Wildman–Crippen MR) is 46.7 cm³/mol. The van der Waals surface area contributed by atoms with Gasteiger partial charge in [0.15, 0.2) is 5.66 Å². The van der Waals surface area contributed by atoms with E-state index in [0.29, 0.717) is 0 Å². The summed E-state index contributed by atoms with van der Waals surface area (Å²) in [4.78, 5) is 29.8. The number of nitrogens with one attached hydrogen (secondary N) is 1. The molecule has 1 heterocycles. The van der Waals surface area contributed by atoms with E-state index >= 15 is 0 Å². The molecule has 0 saturated heterocycles. The topological polar surface area (TPSA) is 136 Å². The van der Waals surface area contributed by atoms with Crippen LogP contribution in [0.15, 0.2) is 12.2 Å². The molecule has 0 unspecified atom stereocenters. The lowest BCUT2D eigenvalue weighted by Gasteiger charge is -2.09. The summed E-state index contributed by atoms with van der Waals surface area (Å²) in [6.45, 7) is 1.22. The maximum atomic E-state index is 10.0. The molecule has 78 valence electrons. The van der Waals surface area contributed by atoms with Crippen molar-refractivity contribution < 1.29 is 19.5 Å². The molecule has 0 radical (unpaired) electrons. The molecule has 2 amide bonds. The van der Waals surface area contributed by atoms with Crippen molar-refractivity contribution in [3.8, 4) is 0 Å². The van der Waals surface area contributed by atoms with E-state index in [1.165, 1.54) is 19.1 Å². The summed E-state index contributed by atoms with van der Waals surface area (Å²) < 4.78 is 0. The lowest BCUT2D eigenvalue weighted by atomic mass is 10.2. The van der Waals surface area contributed by atoms with Crippen LogP contribution < -0.4 is 16.8 Å². The number of carboxylic acid groups (broad SMARTS) is 1. The Labute approximate surface area is 79.7 Å². The van der Waals surface area contributed by atoms with Crippen molar-refractivity contribution in [2.45, 2.75) is 12.6 Å². The highest BCUT2D eigenvalue weighted by atomic mass is 16.4. The monoisotopic (exact) mass is 201 g/mol. The second-order valence-corrected chi connectivity index (χ2v) is 2.77. The number of nitrogens with two attached hydrogens (primary N) is 2. The molecule has 0 aliphatic carbocycles. The van der Waals surface area contributed by atoms with Crippen molar-refractivity contribution in [3.05, 3.63) is 12.2 Å². The average Bonchev–Trinajstić information content (AvgIpc) is 2.33. The van der Waals surface area contributed by atoms with Gasteiger partial charge in [0.1, 0.15) is 0 Å². The number of hydrogen-bond donors (Lipinski definition) is 4. The summed E-state index contributed by atoms with van der Waals surface area (Å²) >= 11 is 0. The first-order valence-corrected chi connectivity index (χ1v) is 3.57. The van der Waals surface area contributed by atoms with E-state index in [2.05, 4.69) is 0 Å². The van der Waals surface area contributed by atoms with Crippen LogP contribution in [-0.2, 0) is 14.4 Å². The van der Waals surface area contributed by atoms with Crippen molar-refractivity contribution in [3.63, 3.8) is 0 Å². The summed E-state index contributed by atoms with van der Waals surface area (Å²) in [6.07, 6.45) is 2.39. The Morgan fingerprint density at radius 2 is 1.64 bits per heavy atom. The number of carbonyl (C=O) groups excluding carboxylic acids is 2. The summed E-state index contributed by atoms with van der Waals surface area (Å²) in [5, 5.41) is 10.0. The second-order valence-electron chi connectivity index (χ2n) is 2.77. The highest BCUT2D eigenvalue weighted by Gasteiger charge is 2.20. The van der Waals surface area contributed by atoms with Gasteiger partial charge >= 0.3 is 5.97 Å². The van der Waals surface area contributed by atoms with Gasteiger partial charge in [0.05, 0.1) is 0 Å². The molecule has 0 aromatic carbocycles. The SMILES string of the molecule is CC(N)(N)C(=O)O.O=C1C=CC(=O)N1. The summed E-state index contributed by atoms with van der Waals surface area (Å²) in [5.41, 5.74) is 8.13. The van der Waals surface area contributed by atoms with Gasteiger partial charge in [0.25, 0.3) is 11.8 Å². The van der Waals surface area contributed by atoms with E-state index in [1.807, 2.05) is 5.32 Å². The molecule has 1 aliphatic rings. The van der Waals surface area contributed by atoms with Crippen LogP contribution in [0.4, 0.5) is 0 Å². The average molecular weight is 201 g/mol. The van der Waals surface area contributed by atoms with Gasteiger partial charge in [0.2, 0.25) is 0 Å². The highest BCUT2D eigenvalue weighted by molar-refractivity contribution is 6.12. The molecule has 0 bridgehead atoms. The minimum Gasteiger partial charge on any atom is -0.479 e. The van der Waals surface area contributed by atoms with Gasteiger partial charge in [-0.3, -0.25) is 14.9 Å². The number of hydrogen-bond acceptors (Lipinski definition) is 5. The fourth-order valence-electron chi connectivity index (χ4n) is 0.356. The normalized spacial score (nSPS) is 14.5. The number of imide groups is 1. The molecule has 0 fully saturated rings. The Balaban J connectivity index is 0.000000241. The summed E-state index contributed by atoms with van der Waals surface area (Å²) in [7, 11) is 0. The Bertz CT molecular complexity index is 274. The number of carbonyl (C=O) groups is 3. The van der Waals surface area contributed by atoms with Crippen molar-refractivity contribution in [2.24, 2.45) is 11.5 Å². The Hall–Kier alpha value is -1.73. The zero-order chi connectivity index (χ0) is 11.4. The van der Waals surface area contributed by atoms with Crippen LogP contribution in [0.3, 0.4) is 0 Å². The van der Waals surface area contributed by atoms with Crippen molar-refractivity contribution in [1.82, 2.24) is 5.32 Å². The lowest BCUT2D eigenvalue weighted by Crippen LogP contribution is -2.53. The van der Waals surface area contributed by atoms with Crippen LogP contribution >= 0.6 is 0 Å². The number of carboxylic acids is 1. The van der Waals surface area contributed by atoms with Gasteiger partial charge in [-0.25, -0.2) is 4.79 Å². The molecule has 1 aliphatic heterocycles. The smallest absolute Gasteiger partial charge is 0.338 e. The van der Waals surface area contributed by atoms with Crippen LogP contribution in [0.25, 0.3) is 0 Å². The highest BCUT2D eigenvalue weighted by Crippen LogP contribution is 1.83. The van der Waals surface area contributed by atoms with E-state index in [4.69, 9.17) is 16.6 Å². The Kier molecular flexibility index (Phi) is 3.94. The van der Waals surface area contributed by atoms with E-state index in [1.54, 1.807) is 0 Å². The molecule has 14 heavy (non-hydrogen) atoms. The van der Waals surface area contributed by atoms with E-state index < -0.39 is 11.6 Å². The van der Waals surface area contributed by atoms with Gasteiger partial charge in [-0.15, -0.1) is 0 Å². The Morgan fingerprint density at radius 3 is 1.71 bits per heavy atom. The second kappa shape index (κ2) is 4.49. The third-order valence-electron chi connectivity index (χ3n) is 1.09. The molecular formula is C7H11N3O4. The maximum Gasteiger partial charge on any atom is 0.338 e. The molecule has 6 N–H and O–H groups in total. The minimum absolute atomic E-state index is 0.329. The zero-order valence-electron chi connectivity index (χ0n) is 7.48. The van der Waals surface area contributed by atoms with Crippen LogP contribution in [0.1, 0.15) is 6.92 Å². The van der Waals surface area contributed by atoms with Crippen LogP contribution in [0.2, 0.25) is 0 Å². The third kappa shape index (κ3) is 5.01. The molecule has 1 rings (SSSR count). The standard InChI is InChI=1S/C4H3NO2.C3H8N2O2/c6-3-1-2-4(7)5-3;1-3(4,5)2(6)7/h1-2H,(H,5,6,7);4-5H2,1H3,(H,6,7). The third-order valence-corrected chi connectivity index (χ3v) is 1.09. The molecule has 0 saturated carbocycles. The molecule has 7 heteroatoms. The van der Waals surface area contributed by atoms with Gasteiger partial charge < -0.3 is 16.6 Å². The van der Waals surface area contributed by atoms with Crippen molar-refractivity contribution in [2.75, 3.05) is 0 Å². The number of rotatable bonds is 1. The Morgan fingerprint density at radius 1 is 1.36 bits per heavy atom. The maximum absolute atomic E-state index is 10.0. The van der Waals surface area contributed by atoms with Crippen LogP contribution in [0.5, 0.6) is 0 Å². The van der Waals surface area contributed by atoms with Gasteiger partial charge in [-0.05, 0) is 6.92 Å². The van der Waals surface area contributed by atoms with E-state index in [9.17, 15) is 14.4 Å². The van der Waals surface area contributed by atoms with E-state index in [0.717, 1.165) is 0 Å². The predicted octanol–water partition coefficient (Wildman–Crippen LogP) is -2.10. The van der Waals surface area contributed by atoms with E-state index in [-0.39, 0.29) is 11.8 Å². The summed E-state index contributed by atoms with van der Waals surface area (Å²) in [6, 6.07) is 0. The molecule has 7 nitrogen and oxygen atoms in total. The summed E-state index contributed by atoms with van der Waals surface area (Å²) in [5.74, 6) is -1.86.